The summed E-state index contributed by atoms with van der Waals surface area (Å²) < 4.78 is 47.0. The topological polar surface area (TPSA) is 63.7 Å². The Hall–Kier alpha value is -4.15. The van der Waals surface area contributed by atoms with Crippen molar-refractivity contribution >= 4 is 28.9 Å². The lowest BCUT2D eigenvalue weighted by atomic mass is 10.0. The highest BCUT2D eigenvalue weighted by Gasteiger charge is 2.44. The van der Waals surface area contributed by atoms with E-state index in [0.717, 1.165) is 37.2 Å². The summed E-state index contributed by atoms with van der Waals surface area (Å²) in [5, 5.41) is 1.48. The minimum atomic E-state index is -4.50. The van der Waals surface area contributed by atoms with Crippen LogP contribution >= 0.6 is 0 Å². The molecule has 0 atom stereocenters. The van der Waals surface area contributed by atoms with Gasteiger partial charge in [0.15, 0.2) is 0 Å². The van der Waals surface area contributed by atoms with Crippen LogP contribution < -0.4 is 25.0 Å². The van der Waals surface area contributed by atoms with Gasteiger partial charge in [-0.15, -0.1) is 0 Å². The second-order valence-electron chi connectivity index (χ2n) is 10.2. The van der Waals surface area contributed by atoms with Crippen LogP contribution in [0.3, 0.4) is 0 Å². The zero-order chi connectivity index (χ0) is 27.9. The molecule has 6 rings (SSSR count). The maximum absolute atomic E-state index is 13.9. The van der Waals surface area contributed by atoms with Gasteiger partial charge in [-0.05, 0) is 74.2 Å². The van der Waals surface area contributed by atoms with E-state index in [2.05, 4.69) is 10.3 Å². The normalized spacial score (nSPS) is 19.9. The molecule has 4 aliphatic rings. The number of aliphatic imine (C=N–C) groups is 1. The molecular weight excluding hydrogens is 521 g/mol. The number of amides is 1. The fraction of sp³-hybridized carbons (Fsp3) is 0.379. The predicted molar refractivity (Wildman–Crippen MR) is 148 cm³/mol. The minimum absolute atomic E-state index is 0.113. The molecular formula is C29H31F3N6O2. The molecule has 2 aromatic rings. The number of fused-ring (bicyclic) bond motifs is 1. The highest BCUT2D eigenvalue weighted by atomic mass is 19.4. The Kier molecular flexibility index (Phi) is 6.81. The summed E-state index contributed by atoms with van der Waals surface area (Å²) in [7, 11) is 1.55. The minimum Gasteiger partial charge on any atom is -0.497 e. The number of methoxy groups -OCH3 is 1. The van der Waals surface area contributed by atoms with Gasteiger partial charge in [0.25, 0.3) is 0 Å². The summed E-state index contributed by atoms with van der Waals surface area (Å²) in [4.78, 5) is 23.1. The molecule has 4 aliphatic heterocycles. The van der Waals surface area contributed by atoms with Crippen LogP contribution in [0.4, 0.5) is 30.2 Å². The molecule has 1 amide bonds. The summed E-state index contributed by atoms with van der Waals surface area (Å²) in [6.45, 7) is 2.56. The SMILES string of the molecule is COc1ccc(N2NC(C(F)(F)F)=C3CCN(c4ccc(N5CCCN=C5N5CCCCC5=O)cc4)C=C32)cc1. The van der Waals surface area contributed by atoms with Crippen LogP contribution in [-0.2, 0) is 4.79 Å². The lowest BCUT2D eigenvalue weighted by Gasteiger charge is -2.37. The van der Waals surface area contributed by atoms with Gasteiger partial charge >= 0.3 is 6.18 Å². The molecule has 40 heavy (non-hydrogen) atoms. The number of hydrogen-bond acceptors (Lipinski definition) is 7. The molecule has 0 spiro atoms. The summed E-state index contributed by atoms with van der Waals surface area (Å²) >= 11 is 0. The first kappa shape index (κ1) is 26.1. The standard InChI is InChI=1S/C29H31F3N6O2/c1-40-23-12-10-22(11-13-23)38-25-19-35(18-14-24(25)27(34-38)29(30,31)32)20-6-8-21(9-7-20)36-17-4-15-33-28(36)37-16-3-2-5-26(37)39/h6-13,19,34H,2-5,14-18H2,1H3. The lowest BCUT2D eigenvalue weighted by Crippen LogP contribution is -2.51. The van der Waals surface area contributed by atoms with E-state index in [1.54, 1.807) is 42.5 Å². The van der Waals surface area contributed by atoms with Gasteiger partial charge in [0, 0.05) is 55.7 Å². The Balaban J connectivity index is 1.28. The fourth-order valence-electron chi connectivity index (χ4n) is 5.62. The number of alkyl halides is 3. The van der Waals surface area contributed by atoms with Crippen LogP contribution in [0.1, 0.15) is 32.1 Å². The van der Waals surface area contributed by atoms with Crippen molar-refractivity contribution in [3.8, 4) is 5.75 Å². The zero-order valence-corrected chi connectivity index (χ0v) is 22.2. The Morgan fingerprint density at radius 2 is 1.55 bits per heavy atom. The number of likely N-dealkylation sites (tertiary alicyclic amines) is 1. The van der Waals surface area contributed by atoms with Crippen molar-refractivity contribution in [3.05, 3.63) is 71.7 Å². The molecule has 210 valence electrons. The number of ether oxygens (including phenoxy) is 1. The maximum atomic E-state index is 13.9. The van der Waals surface area contributed by atoms with Gasteiger partial charge < -0.3 is 14.5 Å². The molecule has 0 bridgehead atoms. The summed E-state index contributed by atoms with van der Waals surface area (Å²) in [6.07, 6.45) is 0.834. The molecule has 8 nitrogen and oxygen atoms in total. The van der Waals surface area contributed by atoms with Gasteiger partial charge in [0.1, 0.15) is 11.4 Å². The van der Waals surface area contributed by atoms with E-state index >= 15 is 0 Å². The molecule has 1 N–H and O–H groups in total. The Morgan fingerprint density at radius 1 is 0.850 bits per heavy atom. The third-order valence-corrected chi connectivity index (χ3v) is 7.66. The van der Waals surface area contributed by atoms with Crippen LogP contribution in [0.15, 0.2) is 76.7 Å². The number of guanidine groups is 1. The van der Waals surface area contributed by atoms with E-state index in [9.17, 15) is 18.0 Å². The fourth-order valence-corrected chi connectivity index (χ4v) is 5.62. The molecule has 0 unspecified atom stereocenters. The molecule has 11 heteroatoms. The Bertz CT molecular complexity index is 1370. The zero-order valence-electron chi connectivity index (χ0n) is 22.2. The first-order valence-corrected chi connectivity index (χ1v) is 13.6. The van der Waals surface area contributed by atoms with Crippen molar-refractivity contribution in [1.82, 2.24) is 10.3 Å². The number of allylic oxidation sites excluding steroid dienone is 2. The maximum Gasteiger partial charge on any atom is 0.433 e. The molecule has 0 saturated carbocycles. The van der Waals surface area contributed by atoms with Crippen molar-refractivity contribution in [1.29, 1.82) is 0 Å². The second-order valence-corrected chi connectivity index (χ2v) is 10.2. The van der Waals surface area contributed by atoms with Gasteiger partial charge in [-0.25, -0.2) is 0 Å². The lowest BCUT2D eigenvalue weighted by molar-refractivity contribution is -0.129. The highest BCUT2D eigenvalue weighted by molar-refractivity contribution is 6.06. The first-order chi connectivity index (χ1) is 19.3. The monoisotopic (exact) mass is 552 g/mol. The number of nitrogens with zero attached hydrogens (tertiary/aromatic N) is 5. The van der Waals surface area contributed by atoms with E-state index < -0.39 is 11.9 Å². The predicted octanol–water partition coefficient (Wildman–Crippen LogP) is 5.17. The summed E-state index contributed by atoms with van der Waals surface area (Å²) in [5.74, 6) is 1.45. The molecule has 0 aromatic heterocycles. The molecule has 0 radical (unpaired) electrons. The van der Waals surface area contributed by atoms with Crippen LogP contribution in [-0.4, -0.2) is 56.2 Å². The molecule has 1 fully saturated rings. The largest absolute Gasteiger partial charge is 0.497 e. The molecule has 2 aromatic carbocycles. The average Bonchev–Trinajstić information content (AvgIpc) is 3.37. The number of hydrazine groups is 1. The van der Waals surface area contributed by atoms with Crippen LogP contribution in [0, 0.1) is 0 Å². The summed E-state index contributed by atoms with van der Waals surface area (Å²) in [5.41, 5.74) is 4.95. The van der Waals surface area contributed by atoms with Gasteiger partial charge in [-0.2, -0.15) is 13.2 Å². The number of benzene rings is 2. The Labute approximate surface area is 231 Å². The van der Waals surface area contributed by atoms with Crippen molar-refractivity contribution in [2.45, 2.75) is 38.3 Å². The number of hydrogen-bond donors (Lipinski definition) is 1. The quantitative estimate of drug-likeness (QED) is 0.565. The number of carbonyl (C=O) groups is 1. The first-order valence-electron chi connectivity index (χ1n) is 13.6. The smallest absolute Gasteiger partial charge is 0.433 e. The number of halogens is 3. The van der Waals surface area contributed by atoms with Gasteiger partial charge in [0.05, 0.1) is 18.5 Å². The number of anilines is 3. The van der Waals surface area contributed by atoms with Gasteiger partial charge in [-0.3, -0.25) is 25.1 Å². The second kappa shape index (κ2) is 10.4. The number of nitrogens with one attached hydrogen (secondary N) is 1. The van der Waals surface area contributed by atoms with E-state index in [1.165, 1.54) is 5.01 Å². The van der Waals surface area contributed by atoms with Crippen molar-refractivity contribution in [3.63, 3.8) is 0 Å². The van der Waals surface area contributed by atoms with E-state index in [0.29, 0.717) is 49.1 Å². The third kappa shape index (κ3) is 4.84. The number of carbonyl (C=O) groups excluding carboxylic acids is 1. The number of piperidine rings is 1. The van der Waals surface area contributed by atoms with Crippen LogP contribution in [0.5, 0.6) is 5.75 Å². The van der Waals surface area contributed by atoms with Crippen molar-refractivity contribution in [2.24, 2.45) is 4.99 Å². The van der Waals surface area contributed by atoms with Crippen molar-refractivity contribution in [2.75, 3.05) is 48.1 Å². The van der Waals surface area contributed by atoms with E-state index in [-0.39, 0.29) is 17.9 Å². The van der Waals surface area contributed by atoms with Gasteiger partial charge in [-0.1, -0.05) is 0 Å². The van der Waals surface area contributed by atoms with Crippen molar-refractivity contribution < 1.29 is 22.7 Å². The highest BCUT2D eigenvalue weighted by Crippen LogP contribution is 2.42. The van der Waals surface area contributed by atoms with Crippen LogP contribution in [0.2, 0.25) is 0 Å². The third-order valence-electron chi connectivity index (χ3n) is 7.66. The van der Waals surface area contributed by atoms with Crippen LogP contribution in [0.25, 0.3) is 0 Å². The van der Waals surface area contributed by atoms with E-state index in [4.69, 9.17) is 9.73 Å². The number of rotatable bonds is 4. The molecule has 1 saturated heterocycles. The average molecular weight is 553 g/mol. The molecule has 4 heterocycles. The Morgan fingerprint density at radius 3 is 2.25 bits per heavy atom. The molecule has 0 aliphatic carbocycles. The van der Waals surface area contributed by atoms with Gasteiger partial charge in [0.2, 0.25) is 11.9 Å². The van der Waals surface area contributed by atoms with E-state index in [1.807, 2.05) is 29.2 Å². The summed E-state index contributed by atoms with van der Waals surface area (Å²) in [6, 6.07) is 14.8.